The van der Waals surface area contributed by atoms with E-state index in [-0.39, 0.29) is 23.3 Å². The highest BCUT2D eigenvalue weighted by Gasteiger charge is 2.29. The van der Waals surface area contributed by atoms with Crippen LogP contribution in [0.1, 0.15) is 12.8 Å². The molecule has 7 nitrogen and oxygen atoms in total. The fourth-order valence-corrected chi connectivity index (χ4v) is 2.67. The highest BCUT2D eigenvalue weighted by molar-refractivity contribution is 5.69. The van der Waals surface area contributed by atoms with Crippen LogP contribution in [0.15, 0.2) is 15.9 Å². The number of aryl methyl sites for hydroxylation is 2. The highest BCUT2D eigenvalue weighted by Crippen LogP contribution is 2.27. The third kappa shape index (κ3) is 1.73. The Kier molecular flexibility index (Phi) is 2.60. The third-order valence-corrected chi connectivity index (χ3v) is 3.85. The number of hydrogen-bond donors (Lipinski definition) is 1. The van der Waals surface area contributed by atoms with Gasteiger partial charge < -0.3 is 9.67 Å². The number of hydrogen-bond acceptors (Lipinski definition) is 4. The first kappa shape index (κ1) is 12.2. The summed E-state index contributed by atoms with van der Waals surface area (Å²) in [5, 5.41) is 9.29. The summed E-state index contributed by atoms with van der Waals surface area (Å²) in [6.07, 6.45) is 2.55. The molecule has 1 N–H and O–H groups in total. The Morgan fingerprint density at radius 3 is 2.68 bits per heavy atom. The van der Waals surface area contributed by atoms with Gasteiger partial charge in [0.2, 0.25) is 0 Å². The molecule has 0 amide bonds. The van der Waals surface area contributed by atoms with Crippen LogP contribution in [0.25, 0.3) is 11.2 Å². The Bertz CT molecular complexity index is 749. The van der Waals surface area contributed by atoms with Crippen molar-refractivity contribution >= 4 is 11.2 Å². The molecule has 1 saturated carbocycles. The summed E-state index contributed by atoms with van der Waals surface area (Å²) < 4.78 is 4.27. The van der Waals surface area contributed by atoms with Crippen molar-refractivity contribution in [1.29, 1.82) is 0 Å². The molecule has 0 atom stereocenters. The maximum absolute atomic E-state index is 12.4. The van der Waals surface area contributed by atoms with Crippen LogP contribution >= 0.6 is 0 Å². The van der Waals surface area contributed by atoms with Crippen LogP contribution in [0.4, 0.5) is 0 Å². The summed E-state index contributed by atoms with van der Waals surface area (Å²) in [6.45, 7) is 0.365. The summed E-state index contributed by atoms with van der Waals surface area (Å²) in [5.74, 6) is 0.200. The van der Waals surface area contributed by atoms with E-state index < -0.39 is 0 Å². The van der Waals surface area contributed by atoms with E-state index >= 15 is 0 Å². The predicted octanol–water partition coefficient (Wildman–Crippen LogP) is -0.795. The predicted molar refractivity (Wildman–Crippen MR) is 68.9 cm³/mol. The molecule has 19 heavy (non-hydrogen) atoms. The molecule has 0 aliphatic heterocycles. The molecule has 0 spiro atoms. The van der Waals surface area contributed by atoms with Crippen molar-refractivity contribution < 1.29 is 5.11 Å². The number of aliphatic hydroxyl groups excluding tert-OH is 1. The van der Waals surface area contributed by atoms with Crippen LogP contribution in [0, 0.1) is 5.92 Å². The molecule has 0 unspecified atom stereocenters. The quantitative estimate of drug-likeness (QED) is 0.770. The van der Waals surface area contributed by atoms with Crippen molar-refractivity contribution in [3.8, 4) is 0 Å². The molecule has 0 saturated heterocycles. The summed E-state index contributed by atoms with van der Waals surface area (Å²) in [5.41, 5.74) is 0.182. The van der Waals surface area contributed by atoms with Crippen molar-refractivity contribution in [3.05, 3.63) is 27.2 Å². The summed E-state index contributed by atoms with van der Waals surface area (Å²) in [7, 11) is 3.35. The Morgan fingerprint density at radius 1 is 1.37 bits per heavy atom. The van der Waals surface area contributed by atoms with Crippen molar-refractivity contribution in [1.82, 2.24) is 18.7 Å². The van der Waals surface area contributed by atoms with E-state index in [0.29, 0.717) is 30.6 Å². The van der Waals surface area contributed by atoms with Gasteiger partial charge in [0.25, 0.3) is 5.56 Å². The minimum absolute atomic E-state index is 0.200. The van der Waals surface area contributed by atoms with Crippen LogP contribution < -0.4 is 11.2 Å². The van der Waals surface area contributed by atoms with Crippen LogP contribution in [-0.2, 0) is 20.6 Å². The van der Waals surface area contributed by atoms with Crippen LogP contribution in [0.5, 0.6) is 0 Å². The number of aromatic nitrogens is 4. The van der Waals surface area contributed by atoms with Gasteiger partial charge in [0, 0.05) is 20.6 Å². The monoisotopic (exact) mass is 264 g/mol. The zero-order valence-electron chi connectivity index (χ0n) is 10.9. The normalized spacial score (nSPS) is 22.7. The average molecular weight is 264 g/mol. The van der Waals surface area contributed by atoms with E-state index in [1.54, 1.807) is 18.7 Å². The summed E-state index contributed by atoms with van der Waals surface area (Å²) in [4.78, 5) is 28.6. The SMILES string of the molecule is Cn1cnc2c1c(=O)n(CC1CC(O)C1)c(=O)n2C. The first-order valence-electron chi connectivity index (χ1n) is 6.28. The standard InChI is InChI=1S/C12H16N4O3/c1-14-6-13-10-9(14)11(18)16(12(19)15(10)2)5-7-3-8(17)4-7/h6-8,17H,3-5H2,1-2H3. The van der Waals surface area contributed by atoms with E-state index in [1.807, 2.05) is 0 Å². The second-order valence-electron chi connectivity index (χ2n) is 5.28. The van der Waals surface area contributed by atoms with Gasteiger partial charge in [-0.05, 0) is 18.8 Å². The lowest BCUT2D eigenvalue weighted by Gasteiger charge is -2.31. The van der Waals surface area contributed by atoms with Gasteiger partial charge in [-0.1, -0.05) is 0 Å². The van der Waals surface area contributed by atoms with Gasteiger partial charge in [0.1, 0.15) is 0 Å². The molecule has 2 aromatic heterocycles. The second-order valence-corrected chi connectivity index (χ2v) is 5.28. The van der Waals surface area contributed by atoms with E-state index in [1.165, 1.54) is 15.5 Å². The number of nitrogens with zero attached hydrogens (tertiary/aromatic N) is 4. The van der Waals surface area contributed by atoms with E-state index in [2.05, 4.69) is 4.98 Å². The Hall–Kier alpha value is -1.89. The van der Waals surface area contributed by atoms with Crippen molar-refractivity contribution in [2.75, 3.05) is 0 Å². The molecule has 0 aromatic carbocycles. The molecular formula is C12H16N4O3. The number of imidazole rings is 1. The molecule has 3 rings (SSSR count). The molecule has 0 bridgehead atoms. The minimum atomic E-state index is -0.349. The smallest absolute Gasteiger partial charge is 0.332 e. The van der Waals surface area contributed by atoms with Crippen molar-refractivity contribution in [2.45, 2.75) is 25.5 Å². The number of rotatable bonds is 2. The maximum atomic E-state index is 12.4. The molecule has 102 valence electrons. The van der Waals surface area contributed by atoms with Gasteiger partial charge in [-0.2, -0.15) is 0 Å². The van der Waals surface area contributed by atoms with Crippen molar-refractivity contribution in [2.24, 2.45) is 20.0 Å². The lowest BCUT2D eigenvalue weighted by atomic mass is 9.82. The topological polar surface area (TPSA) is 82.1 Å². The molecule has 1 aliphatic carbocycles. The Balaban J connectivity index is 2.16. The van der Waals surface area contributed by atoms with Gasteiger partial charge in [0.15, 0.2) is 11.2 Å². The lowest BCUT2D eigenvalue weighted by Crippen LogP contribution is -2.43. The van der Waals surface area contributed by atoms with E-state index in [0.717, 1.165) is 0 Å². The molecule has 2 aromatic rings. The van der Waals surface area contributed by atoms with Crippen molar-refractivity contribution in [3.63, 3.8) is 0 Å². The van der Waals surface area contributed by atoms with Gasteiger partial charge in [-0.25, -0.2) is 9.78 Å². The fraction of sp³-hybridized carbons (Fsp3) is 0.583. The van der Waals surface area contributed by atoms with Gasteiger partial charge in [-0.3, -0.25) is 13.9 Å². The minimum Gasteiger partial charge on any atom is -0.393 e. The molecule has 1 aliphatic rings. The first-order chi connectivity index (χ1) is 8.99. The maximum Gasteiger partial charge on any atom is 0.332 e. The summed E-state index contributed by atoms with van der Waals surface area (Å²) >= 11 is 0. The number of fused-ring (bicyclic) bond motifs is 1. The first-order valence-corrected chi connectivity index (χ1v) is 6.28. The summed E-state index contributed by atoms with van der Waals surface area (Å²) in [6, 6.07) is 0. The fourth-order valence-electron chi connectivity index (χ4n) is 2.67. The molecule has 7 heteroatoms. The van der Waals surface area contributed by atoms with Crippen LogP contribution in [0.2, 0.25) is 0 Å². The zero-order chi connectivity index (χ0) is 13.7. The van der Waals surface area contributed by atoms with Gasteiger partial charge >= 0.3 is 5.69 Å². The largest absolute Gasteiger partial charge is 0.393 e. The molecule has 0 radical (unpaired) electrons. The highest BCUT2D eigenvalue weighted by atomic mass is 16.3. The molecule has 1 fully saturated rings. The Labute approximate surface area is 108 Å². The zero-order valence-corrected chi connectivity index (χ0v) is 10.9. The molecular weight excluding hydrogens is 248 g/mol. The van der Waals surface area contributed by atoms with Gasteiger partial charge in [0.05, 0.1) is 12.4 Å². The van der Waals surface area contributed by atoms with Crippen LogP contribution in [-0.4, -0.2) is 29.9 Å². The molecule has 2 heterocycles. The second kappa shape index (κ2) is 4.06. The third-order valence-electron chi connectivity index (χ3n) is 3.85. The van der Waals surface area contributed by atoms with E-state index in [4.69, 9.17) is 0 Å². The van der Waals surface area contributed by atoms with Gasteiger partial charge in [-0.15, -0.1) is 0 Å². The average Bonchev–Trinajstić information content (AvgIpc) is 2.71. The van der Waals surface area contributed by atoms with Crippen LogP contribution in [0.3, 0.4) is 0 Å². The lowest BCUT2D eigenvalue weighted by molar-refractivity contribution is 0.0341. The Morgan fingerprint density at radius 2 is 2.05 bits per heavy atom. The van der Waals surface area contributed by atoms with E-state index in [9.17, 15) is 14.7 Å². The number of aliphatic hydroxyl groups is 1.